The molecule has 7 nitrogen and oxygen atoms in total. The molecular weight excluding hydrogens is 354 g/mol. The lowest BCUT2D eigenvalue weighted by molar-refractivity contribution is 0.0537. The van der Waals surface area contributed by atoms with Gasteiger partial charge in [-0.2, -0.15) is 4.31 Å². The summed E-state index contributed by atoms with van der Waals surface area (Å²) >= 11 is 0. The third kappa shape index (κ3) is 3.87. The van der Waals surface area contributed by atoms with E-state index in [0.717, 1.165) is 5.69 Å². The zero-order valence-electron chi connectivity index (χ0n) is 14.5. The number of carbonyl (C=O) groups is 1. The monoisotopic (exact) mass is 375 g/mol. The highest BCUT2D eigenvalue weighted by Crippen LogP contribution is 2.21. The fraction of sp³-hybridized carbons (Fsp3) is 0.278. The number of hydrogen-bond acceptors (Lipinski definition) is 5. The second-order valence-electron chi connectivity index (χ2n) is 5.89. The van der Waals surface area contributed by atoms with E-state index in [-0.39, 0.29) is 10.5 Å². The molecule has 138 valence electrons. The van der Waals surface area contributed by atoms with Crippen molar-refractivity contribution in [1.29, 1.82) is 0 Å². The number of rotatable bonds is 5. The minimum Gasteiger partial charge on any atom is -0.369 e. The second-order valence-corrected chi connectivity index (χ2v) is 7.83. The van der Waals surface area contributed by atoms with Gasteiger partial charge in [-0.25, -0.2) is 13.9 Å². The number of nitrogens with one attached hydrogen (secondary N) is 1. The summed E-state index contributed by atoms with van der Waals surface area (Å²) in [5.41, 5.74) is 3.51. The van der Waals surface area contributed by atoms with Gasteiger partial charge in [-0.05, 0) is 30.3 Å². The van der Waals surface area contributed by atoms with Gasteiger partial charge in [0.1, 0.15) is 0 Å². The first-order valence-corrected chi connectivity index (χ1v) is 9.70. The Bertz CT molecular complexity index is 863. The van der Waals surface area contributed by atoms with E-state index in [1.165, 1.54) is 23.5 Å². The Morgan fingerprint density at radius 1 is 1.00 bits per heavy atom. The van der Waals surface area contributed by atoms with Gasteiger partial charge in [0.15, 0.2) is 0 Å². The Balaban J connectivity index is 1.73. The molecule has 3 rings (SSSR count). The van der Waals surface area contributed by atoms with Gasteiger partial charge in [-0.15, -0.1) is 0 Å². The zero-order valence-corrected chi connectivity index (χ0v) is 15.3. The molecule has 1 fully saturated rings. The smallest absolute Gasteiger partial charge is 0.274 e. The van der Waals surface area contributed by atoms with E-state index in [9.17, 15) is 13.2 Å². The number of amides is 1. The van der Waals surface area contributed by atoms with Gasteiger partial charge < -0.3 is 4.90 Å². The Morgan fingerprint density at radius 2 is 1.69 bits per heavy atom. The SMILES string of the molecule is CONC(=O)c1cccc(S(=O)(=O)N2CCN(c3ccccc3)CC2)c1. The van der Waals surface area contributed by atoms with E-state index in [1.807, 2.05) is 30.3 Å². The van der Waals surface area contributed by atoms with E-state index >= 15 is 0 Å². The molecule has 1 aliphatic heterocycles. The largest absolute Gasteiger partial charge is 0.369 e. The summed E-state index contributed by atoms with van der Waals surface area (Å²) in [6.07, 6.45) is 0. The predicted octanol–water partition coefficient (Wildman–Crippen LogP) is 1.49. The highest BCUT2D eigenvalue weighted by molar-refractivity contribution is 7.89. The molecule has 1 N–H and O–H groups in total. The molecule has 0 radical (unpaired) electrons. The Kier molecular flexibility index (Phi) is 5.55. The first-order valence-electron chi connectivity index (χ1n) is 8.26. The third-order valence-corrected chi connectivity index (χ3v) is 6.18. The predicted molar refractivity (Wildman–Crippen MR) is 98.3 cm³/mol. The van der Waals surface area contributed by atoms with Crippen LogP contribution in [0.25, 0.3) is 0 Å². The zero-order chi connectivity index (χ0) is 18.6. The molecule has 0 saturated carbocycles. The molecule has 1 amide bonds. The highest BCUT2D eigenvalue weighted by Gasteiger charge is 2.29. The van der Waals surface area contributed by atoms with Crippen LogP contribution in [0, 0.1) is 0 Å². The average Bonchev–Trinajstić information content (AvgIpc) is 2.69. The van der Waals surface area contributed by atoms with E-state index in [4.69, 9.17) is 0 Å². The fourth-order valence-corrected chi connectivity index (χ4v) is 4.39. The summed E-state index contributed by atoms with van der Waals surface area (Å²) in [6, 6.07) is 15.9. The summed E-state index contributed by atoms with van der Waals surface area (Å²) in [5, 5.41) is 0. The molecule has 0 unspecified atom stereocenters. The van der Waals surface area contributed by atoms with Crippen LogP contribution < -0.4 is 10.4 Å². The standard InChI is InChI=1S/C18H21N3O4S/c1-25-19-18(22)15-6-5-9-17(14-15)26(23,24)21-12-10-20(11-13-21)16-7-3-2-4-8-16/h2-9,14H,10-13H2,1H3,(H,19,22). The maximum atomic E-state index is 12.9. The maximum absolute atomic E-state index is 12.9. The Hall–Kier alpha value is -2.42. The molecule has 0 bridgehead atoms. The normalized spacial score (nSPS) is 15.7. The van der Waals surface area contributed by atoms with Crippen LogP contribution in [0.4, 0.5) is 5.69 Å². The van der Waals surface area contributed by atoms with Crippen molar-refractivity contribution in [3.8, 4) is 0 Å². The van der Waals surface area contributed by atoms with Gasteiger partial charge in [0, 0.05) is 37.4 Å². The lowest BCUT2D eigenvalue weighted by Gasteiger charge is -2.35. The molecule has 0 atom stereocenters. The number of para-hydroxylation sites is 1. The summed E-state index contributed by atoms with van der Waals surface area (Å²) in [6.45, 7) is 2.03. The number of piperazine rings is 1. The summed E-state index contributed by atoms with van der Waals surface area (Å²) in [4.78, 5) is 18.7. The second kappa shape index (κ2) is 7.86. The topological polar surface area (TPSA) is 78.9 Å². The molecular formula is C18H21N3O4S. The summed E-state index contributed by atoms with van der Waals surface area (Å²) < 4.78 is 27.3. The van der Waals surface area contributed by atoms with Gasteiger partial charge in [0.05, 0.1) is 12.0 Å². The van der Waals surface area contributed by atoms with Crippen LogP contribution in [-0.4, -0.2) is 51.9 Å². The third-order valence-electron chi connectivity index (χ3n) is 4.29. The van der Waals surface area contributed by atoms with Crippen molar-refractivity contribution in [3.05, 3.63) is 60.2 Å². The lowest BCUT2D eigenvalue weighted by Crippen LogP contribution is -2.48. The van der Waals surface area contributed by atoms with Gasteiger partial charge in [-0.3, -0.25) is 9.63 Å². The lowest BCUT2D eigenvalue weighted by atomic mass is 10.2. The number of benzene rings is 2. The Labute approximate surface area is 153 Å². The van der Waals surface area contributed by atoms with E-state index in [2.05, 4.69) is 15.2 Å². The van der Waals surface area contributed by atoms with Crippen molar-refractivity contribution in [3.63, 3.8) is 0 Å². The van der Waals surface area contributed by atoms with Crippen molar-refractivity contribution in [1.82, 2.24) is 9.79 Å². The first-order chi connectivity index (χ1) is 12.5. The van der Waals surface area contributed by atoms with Gasteiger partial charge in [0.25, 0.3) is 5.91 Å². The molecule has 8 heteroatoms. The van der Waals surface area contributed by atoms with Crippen LogP contribution in [0.5, 0.6) is 0 Å². The highest BCUT2D eigenvalue weighted by atomic mass is 32.2. The molecule has 1 aliphatic rings. The van der Waals surface area contributed by atoms with Crippen LogP contribution in [0.15, 0.2) is 59.5 Å². The van der Waals surface area contributed by atoms with Crippen LogP contribution >= 0.6 is 0 Å². The molecule has 2 aromatic carbocycles. The molecule has 2 aromatic rings. The molecule has 0 spiro atoms. The summed E-state index contributed by atoms with van der Waals surface area (Å²) in [7, 11) is -2.33. The quantitative estimate of drug-likeness (QED) is 0.801. The van der Waals surface area contributed by atoms with Gasteiger partial charge in [0.2, 0.25) is 10.0 Å². The van der Waals surface area contributed by atoms with E-state index < -0.39 is 15.9 Å². The van der Waals surface area contributed by atoms with Crippen molar-refractivity contribution < 1.29 is 18.0 Å². The van der Waals surface area contributed by atoms with Crippen LogP contribution in [-0.2, 0) is 14.9 Å². The minimum absolute atomic E-state index is 0.106. The number of anilines is 1. The van der Waals surface area contributed by atoms with E-state index in [0.29, 0.717) is 26.2 Å². The Morgan fingerprint density at radius 3 is 2.35 bits per heavy atom. The number of sulfonamides is 1. The number of hydrogen-bond donors (Lipinski definition) is 1. The van der Waals surface area contributed by atoms with Gasteiger partial charge in [-0.1, -0.05) is 24.3 Å². The molecule has 1 saturated heterocycles. The van der Waals surface area contributed by atoms with Crippen LogP contribution in [0.1, 0.15) is 10.4 Å². The molecule has 1 heterocycles. The van der Waals surface area contributed by atoms with Crippen molar-refractivity contribution in [2.24, 2.45) is 0 Å². The summed E-state index contributed by atoms with van der Waals surface area (Å²) in [5.74, 6) is -0.488. The fourth-order valence-electron chi connectivity index (χ4n) is 2.92. The van der Waals surface area contributed by atoms with Crippen LogP contribution in [0.3, 0.4) is 0 Å². The first kappa shape index (κ1) is 18.4. The average molecular weight is 375 g/mol. The molecule has 0 aliphatic carbocycles. The number of hydroxylamine groups is 1. The molecule has 0 aromatic heterocycles. The molecule has 26 heavy (non-hydrogen) atoms. The van der Waals surface area contributed by atoms with Crippen molar-refractivity contribution in [2.75, 3.05) is 38.2 Å². The minimum atomic E-state index is -3.65. The van der Waals surface area contributed by atoms with E-state index in [1.54, 1.807) is 12.1 Å². The number of carbonyl (C=O) groups excluding carboxylic acids is 1. The van der Waals surface area contributed by atoms with Crippen molar-refractivity contribution >= 4 is 21.6 Å². The van der Waals surface area contributed by atoms with Crippen molar-refractivity contribution in [2.45, 2.75) is 4.90 Å². The maximum Gasteiger partial charge on any atom is 0.274 e. The van der Waals surface area contributed by atoms with Gasteiger partial charge >= 0.3 is 0 Å². The number of nitrogens with zero attached hydrogens (tertiary/aromatic N) is 2. The van der Waals surface area contributed by atoms with Crippen LogP contribution in [0.2, 0.25) is 0 Å².